The lowest BCUT2D eigenvalue weighted by Gasteiger charge is -2.23. The molecule has 1 aliphatic rings. The summed E-state index contributed by atoms with van der Waals surface area (Å²) in [6.45, 7) is 2.12. The van der Waals surface area contributed by atoms with Crippen LogP contribution in [0.2, 0.25) is 0 Å². The number of likely N-dealkylation sites (N-methyl/N-ethyl adjacent to an activating group) is 1. The van der Waals surface area contributed by atoms with E-state index in [0.29, 0.717) is 6.04 Å². The molecule has 0 amide bonds. The van der Waals surface area contributed by atoms with Crippen LogP contribution in [0.4, 0.5) is 11.4 Å². The van der Waals surface area contributed by atoms with Gasteiger partial charge in [-0.05, 0) is 32.6 Å². The van der Waals surface area contributed by atoms with Crippen LogP contribution in [0.1, 0.15) is 6.42 Å². The summed E-state index contributed by atoms with van der Waals surface area (Å²) < 4.78 is 5.40. The highest BCUT2D eigenvalue weighted by Gasteiger charge is 2.25. The highest BCUT2D eigenvalue weighted by atomic mass is 16.5. The summed E-state index contributed by atoms with van der Waals surface area (Å²) in [5.41, 5.74) is 7.66. The number of methoxy groups -OCH3 is 1. The second-order valence-electron chi connectivity index (χ2n) is 4.78. The first-order chi connectivity index (χ1) is 8.11. The molecule has 1 fully saturated rings. The fourth-order valence-electron chi connectivity index (χ4n) is 2.34. The number of benzene rings is 1. The number of hydrogen-bond donors (Lipinski definition) is 1. The largest absolute Gasteiger partial charge is 0.495 e. The number of nitrogens with two attached hydrogens (primary N) is 1. The smallest absolute Gasteiger partial charge is 0.144 e. The van der Waals surface area contributed by atoms with Crippen molar-refractivity contribution in [1.29, 1.82) is 0 Å². The molecule has 0 spiro atoms. The van der Waals surface area contributed by atoms with E-state index in [9.17, 15) is 0 Å². The van der Waals surface area contributed by atoms with Gasteiger partial charge in [-0.3, -0.25) is 0 Å². The molecule has 1 aromatic carbocycles. The van der Waals surface area contributed by atoms with Crippen LogP contribution in [-0.2, 0) is 0 Å². The van der Waals surface area contributed by atoms with Crippen LogP contribution in [-0.4, -0.2) is 45.2 Å². The molecule has 94 valence electrons. The summed E-state index contributed by atoms with van der Waals surface area (Å²) in [5.74, 6) is 0.865. The predicted octanol–water partition coefficient (Wildman–Crippen LogP) is 1.42. The van der Waals surface area contributed by atoms with E-state index in [0.717, 1.165) is 30.2 Å². The average Bonchev–Trinajstić information content (AvgIpc) is 2.78. The summed E-state index contributed by atoms with van der Waals surface area (Å²) in [7, 11) is 5.96. The summed E-state index contributed by atoms with van der Waals surface area (Å²) >= 11 is 0. The van der Waals surface area contributed by atoms with E-state index in [1.807, 2.05) is 18.2 Å². The van der Waals surface area contributed by atoms with Gasteiger partial charge in [0.2, 0.25) is 0 Å². The summed E-state index contributed by atoms with van der Waals surface area (Å²) in [5, 5.41) is 0. The molecule has 1 heterocycles. The number of nitrogens with zero attached hydrogens (tertiary/aromatic N) is 2. The highest BCUT2D eigenvalue weighted by molar-refractivity contribution is 5.64. The highest BCUT2D eigenvalue weighted by Crippen LogP contribution is 2.32. The van der Waals surface area contributed by atoms with Crippen LogP contribution in [0.25, 0.3) is 0 Å². The molecule has 17 heavy (non-hydrogen) atoms. The summed E-state index contributed by atoms with van der Waals surface area (Å²) in [6, 6.07) is 6.49. The Hall–Kier alpha value is -1.42. The number of nitrogen functional groups attached to an aromatic ring is 1. The van der Waals surface area contributed by atoms with E-state index in [2.05, 4.69) is 23.9 Å². The molecule has 1 atom stereocenters. The maximum atomic E-state index is 5.77. The van der Waals surface area contributed by atoms with E-state index in [1.165, 1.54) is 6.42 Å². The standard InChI is InChI=1S/C13H21N3O/c1-15(2)11-6-7-16(9-11)12-5-4-10(14)8-13(12)17-3/h4-5,8,11H,6-7,9,14H2,1-3H3. The van der Waals surface area contributed by atoms with Crippen LogP contribution >= 0.6 is 0 Å². The van der Waals surface area contributed by atoms with E-state index in [1.54, 1.807) is 7.11 Å². The van der Waals surface area contributed by atoms with Crippen molar-refractivity contribution in [3.63, 3.8) is 0 Å². The third kappa shape index (κ3) is 2.47. The average molecular weight is 235 g/mol. The first-order valence-corrected chi connectivity index (χ1v) is 5.96. The third-order valence-corrected chi connectivity index (χ3v) is 3.44. The maximum Gasteiger partial charge on any atom is 0.144 e. The molecule has 1 aliphatic heterocycles. The lowest BCUT2D eigenvalue weighted by Crippen LogP contribution is -2.31. The predicted molar refractivity (Wildman–Crippen MR) is 71.7 cm³/mol. The molecule has 2 rings (SSSR count). The van der Waals surface area contributed by atoms with Gasteiger partial charge in [0.1, 0.15) is 5.75 Å². The van der Waals surface area contributed by atoms with Crippen molar-refractivity contribution >= 4 is 11.4 Å². The Bertz CT molecular complexity index is 392. The number of anilines is 2. The van der Waals surface area contributed by atoms with Gasteiger partial charge in [-0.25, -0.2) is 0 Å². The molecular weight excluding hydrogens is 214 g/mol. The summed E-state index contributed by atoms with van der Waals surface area (Å²) in [6.07, 6.45) is 1.19. The molecule has 0 saturated carbocycles. The molecule has 1 saturated heterocycles. The van der Waals surface area contributed by atoms with Gasteiger partial charge in [0.05, 0.1) is 12.8 Å². The zero-order valence-electron chi connectivity index (χ0n) is 10.8. The Morgan fingerprint density at radius 2 is 2.18 bits per heavy atom. The SMILES string of the molecule is COc1cc(N)ccc1N1CCC(N(C)C)C1. The molecule has 4 nitrogen and oxygen atoms in total. The van der Waals surface area contributed by atoms with Gasteiger partial charge in [0.15, 0.2) is 0 Å². The molecule has 4 heteroatoms. The molecule has 1 aromatic rings. The van der Waals surface area contributed by atoms with Crippen LogP contribution in [0, 0.1) is 0 Å². The first kappa shape index (κ1) is 12.0. The van der Waals surface area contributed by atoms with Crippen molar-refractivity contribution < 1.29 is 4.74 Å². The van der Waals surface area contributed by atoms with Crippen molar-refractivity contribution in [3.05, 3.63) is 18.2 Å². The minimum atomic E-state index is 0.622. The van der Waals surface area contributed by atoms with Crippen molar-refractivity contribution in [2.75, 3.05) is 44.9 Å². The Kier molecular flexibility index (Phi) is 3.43. The molecular formula is C13H21N3O. The van der Waals surface area contributed by atoms with Crippen LogP contribution < -0.4 is 15.4 Å². The molecule has 0 radical (unpaired) electrons. The first-order valence-electron chi connectivity index (χ1n) is 5.96. The van der Waals surface area contributed by atoms with E-state index in [4.69, 9.17) is 10.5 Å². The third-order valence-electron chi connectivity index (χ3n) is 3.44. The number of ether oxygens (including phenoxy) is 1. The second kappa shape index (κ2) is 4.84. The minimum absolute atomic E-state index is 0.622. The van der Waals surface area contributed by atoms with Gasteiger partial charge in [-0.2, -0.15) is 0 Å². The van der Waals surface area contributed by atoms with Crippen molar-refractivity contribution in [1.82, 2.24) is 4.90 Å². The van der Waals surface area contributed by atoms with Crippen LogP contribution in [0.15, 0.2) is 18.2 Å². The van der Waals surface area contributed by atoms with E-state index < -0.39 is 0 Å². The van der Waals surface area contributed by atoms with Crippen molar-refractivity contribution in [3.8, 4) is 5.75 Å². The fraction of sp³-hybridized carbons (Fsp3) is 0.538. The fourth-order valence-corrected chi connectivity index (χ4v) is 2.34. The quantitative estimate of drug-likeness (QED) is 0.805. The molecule has 0 bridgehead atoms. The van der Waals surface area contributed by atoms with Gasteiger partial charge in [0.25, 0.3) is 0 Å². The molecule has 1 unspecified atom stereocenters. The number of hydrogen-bond acceptors (Lipinski definition) is 4. The monoisotopic (exact) mass is 235 g/mol. The van der Waals surface area contributed by atoms with Crippen molar-refractivity contribution in [2.24, 2.45) is 0 Å². The minimum Gasteiger partial charge on any atom is -0.495 e. The van der Waals surface area contributed by atoms with E-state index >= 15 is 0 Å². The Morgan fingerprint density at radius 1 is 1.41 bits per heavy atom. The van der Waals surface area contributed by atoms with Crippen LogP contribution in [0.5, 0.6) is 5.75 Å². The number of rotatable bonds is 3. The second-order valence-corrected chi connectivity index (χ2v) is 4.78. The maximum absolute atomic E-state index is 5.77. The topological polar surface area (TPSA) is 41.7 Å². The Morgan fingerprint density at radius 3 is 2.76 bits per heavy atom. The van der Waals surface area contributed by atoms with Gasteiger partial charge >= 0.3 is 0 Å². The van der Waals surface area contributed by atoms with Gasteiger partial charge < -0.3 is 20.3 Å². The van der Waals surface area contributed by atoms with Crippen molar-refractivity contribution in [2.45, 2.75) is 12.5 Å². The summed E-state index contributed by atoms with van der Waals surface area (Å²) in [4.78, 5) is 4.65. The lowest BCUT2D eigenvalue weighted by atomic mass is 10.2. The molecule has 0 aromatic heterocycles. The zero-order chi connectivity index (χ0) is 12.4. The van der Waals surface area contributed by atoms with Gasteiger partial charge in [-0.1, -0.05) is 0 Å². The van der Waals surface area contributed by atoms with Crippen LogP contribution in [0.3, 0.4) is 0 Å². The van der Waals surface area contributed by atoms with E-state index in [-0.39, 0.29) is 0 Å². The van der Waals surface area contributed by atoms with Gasteiger partial charge in [-0.15, -0.1) is 0 Å². The Labute approximate surface area is 103 Å². The molecule has 2 N–H and O–H groups in total. The van der Waals surface area contributed by atoms with Gasteiger partial charge in [0, 0.05) is 30.9 Å². The normalized spacial score (nSPS) is 20.0. The zero-order valence-corrected chi connectivity index (χ0v) is 10.8. The lowest BCUT2D eigenvalue weighted by molar-refractivity contribution is 0.315. The molecule has 0 aliphatic carbocycles. The Balaban J connectivity index is 2.18.